The summed E-state index contributed by atoms with van der Waals surface area (Å²) in [7, 11) is 5.14. The van der Waals surface area contributed by atoms with E-state index in [1.165, 1.54) is 6.92 Å². The quantitative estimate of drug-likeness (QED) is 0.573. The van der Waals surface area contributed by atoms with Crippen LogP contribution in [0.2, 0.25) is 0 Å². The molecule has 0 fully saturated rings. The molecule has 0 atom stereocenters. The minimum Gasteiger partial charge on any atom is -0.575 e. The molecule has 5 heteroatoms. The predicted octanol–water partition coefficient (Wildman–Crippen LogP) is 1.93. The summed E-state index contributed by atoms with van der Waals surface area (Å²) < 4.78 is 36.6. The first-order chi connectivity index (χ1) is 5.04. The van der Waals surface area contributed by atoms with E-state index in [2.05, 4.69) is 0 Å². The van der Waals surface area contributed by atoms with Gasteiger partial charge >= 0.3 is 0 Å². The van der Waals surface area contributed by atoms with E-state index in [0.29, 0.717) is 16.2 Å². The second-order valence-electron chi connectivity index (χ2n) is 2.05. The van der Waals surface area contributed by atoms with E-state index in [1.54, 1.807) is 0 Å². The highest BCUT2D eigenvalue weighted by Crippen LogP contribution is 2.27. The zero-order valence-corrected chi connectivity index (χ0v) is 6.51. The highest BCUT2D eigenvalue weighted by Gasteiger charge is 2.15. The van der Waals surface area contributed by atoms with E-state index in [9.17, 15) is 13.2 Å². The second kappa shape index (κ2) is 2.89. The summed E-state index contributed by atoms with van der Waals surface area (Å²) in [5.74, 6) is -0.970. The molecule has 0 saturated heterocycles. The van der Waals surface area contributed by atoms with Crippen molar-refractivity contribution in [1.29, 1.82) is 0 Å². The number of alkyl halides is 2. The third-order valence-electron chi connectivity index (χ3n) is 1.29. The molecule has 0 aliphatic heterocycles. The normalized spacial score (nSPS) is 11.1. The molecule has 0 amide bonds. The van der Waals surface area contributed by atoms with Crippen LogP contribution >= 0.6 is 11.3 Å². The SMILES string of the molecule is [B-]c1c(C)sc(C(F)F)c1F. The lowest BCUT2D eigenvalue weighted by atomic mass is 9.96. The Morgan fingerprint density at radius 1 is 1.45 bits per heavy atom. The van der Waals surface area contributed by atoms with Crippen LogP contribution < -0.4 is 5.46 Å². The summed E-state index contributed by atoms with van der Waals surface area (Å²) in [6, 6.07) is 0. The second-order valence-corrected chi connectivity index (χ2v) is 3.31. The summed E-state index contributed by atoms with van der Waals surface area (Å²) in [6.07, 6.45) is -2.77. The van der Waals surface area contributed by atoms with Gasteiger partial charge in [-0.1, -0.05) is 0 Å². The summed E-state index contributed by atoms with van der Waals surface area (Å²) in [5, 5.41) is 0. The monoisotopic (exact) mass is 176 g/mol. The molecule has 0 aliphatic carbocycles. The lowest BCUT2D eigenvalue weighted by molar-refractivity contribution is 0.151. The van der Waals surface area contributed by atoms with Gasteiger partial charge in [-0.15, -0.1) is 11.3 Å². The largest absolute Gasteiger partial charge is 0.575 e. The standard InChI is InChI=1S/C6H4BF3S/c1-2-3(7)4(8)5(11-2)6(9)10/h6H,1H3/q-1. The maximum atomic E-state index is 12.7. The lowest BCUT2D eigenvalue weighted by Gasteiger charge is -2.03. The van der Waals surface area contributed by atoms with Gasteiger partial charge in [-0.05, 0) is 11.8 Å². The molecule has 11 heavy (non-hydrogen) atoms. The number of halogens is 3. The van der Waals surface area contributed by atoms with Gasteiger partial charge in [0.2, 0.25) is 0 Å². The summed E-state index contributed by atoms with van der Waals surface area (Å²) >= 11 is 0.699. The number of hydrogen-bond donors (Lipinski definition) is 0. The van der Waals surface area contributed by atoms with Gasteiger partial charge in [-0.3, -0.25) is 5.46 Å². The molecule has 0 aliphatic rings. The molecule has 0 nitrogen and oxygen atoms in total. The molecule has 59 valence electrons. The maximum Gasteiger partial charge on any atom is 0.275 e. The Hall–Kier alpha value is -0.445. The predicted molar refractivity (Wildman–Crippen MR) is 39.4 cm³/mol. The Labute approximate surface area is 67.5 Å². The lowest BCUT2D eigenvalue weighted by Crippen LogP contribution is -2.07. The Morgan fingerprint density at radius 3 is 2.18 bits per heavy atom. The van der Waals surface area contributed by atoms with Gasteiger partial charge in [0.15, 0.2) is 0 Å². The molecule has 1 heterocycles. The fraction of sp³-hybridized carbons (Fsp3) is 0.333. The van der Waals surface area contributed by atoms with Crippen molar-refractivity contribution in [3.63, 3.8) is 0 Å². The van der Waals surface area contributed by atoms with E-state index in [4.69, 9.17) is 7.85 Å². The minimum absolute atomic E-state index is 0.162. The van der Waals surface area contributed by atoms with E-state index in [0.717, 1.165) is 0 Å². The van der Waals surface area contributed by atoms with Crippen LogP contribution in [0.15, 0.2) is 0 Å². The van der Waals surface area contributed by atoms with Crippen LogP contribution in [-0.4, -0.2) is 7.85 Å². The first-order valence-corrected chi connectivity index (χ1v) is 3.68. The van der Waals surface area contributed by atoms with E-state index in [1.807, 2.05) is 0 Å². The summed E-state index contributed by atoms with van der Waals surface area (Å²) in [4.78, 5) is -0.169. The van der Waals surface area contributed by atoms with Crippen molar-refractivity contribution in [2.45, 2.75) is 13.3 Å². The van der Waals surface area contributed by atoms with Gasteiger partial charge in [0.05, 0.1) is 5.82 Å². The average molecular weight is 176 g/mol. The number of rotatable bonds is 1. The van der Waals surface area contributed by atoms with Crippen molar-refractivity contribution >= 4 is 24.6 Å². The minimum atomic E-state index is -2.77. The molecule has 1 aromatic rings. The van der Waals surface area contributed by atoms with Crippen LogP contribution in [0.5, 0.6) is 0 Å². The Morgan fingerprint density at radius 2 is 2.00 bits per heavy atom. The smallest absolute Gasteiger partial charge is 0.275 e. The van der Waals surface area contributed by atoms with Gasteiger partial charge < -0.3 is 7.85 Å². The Kier molecular flexibility index (Phi) is 2.27. The number of thiophene rings is 1. The molecule has 1 rings (SSSR count). The average Bonchev–Trinajstić information content (AvgIpc) is 2.17. The zero-order chi connectivity index (χ0) is 8.59. The van der Waals surface area contributed by atoms with Crippen molar-refractivity contribution in [3.8, 4) is 0 Å². The van der Waals surface area contributed by atoms with Crippen LogP contribution in [0.4, 0.5) is 13.2 Å². The van der Waals surface area contributed by atoms with Crippen molar-refractivity contribution < 1.29 is 13.2 Å². The van der Waals surface area contributed by atoms with Crippen molar-refractivity contribution in [2.24, 2.45) is 0 Å². The Bertz CT molecular complexity index is 269. The van der Waals surface area contributed by atoms with E-state index < -0.39 is 17.1 Å². The highest BCUT2D eigenvalue weighted by atomic mass is 32.1. The molecule has 3 radical (unpaired) electrons. The molecule has 1 aromatic heterocycles. The molecule has 0 N–H and O–H groups in total. The number of aryl methyl sites for hydroxylation is 1. The van der Waals surface area contributed by atoms with Crippen LogP contribution in [-0.2, 0) is 0 Å². The summed E-state index contributed by atoms with van der Waals surface area (Å²) in [6.45, 7) is 1.51. The van der Waals surface area contributed by atoms with Crippen LogP contribution in [0.1, 0.15) is 16.2 Å². The Balaban J connectivity index is 3.19. The van der Waals surface area contributed by atoms with Crippen LogP contribution in [0.25, 0.3) is 0 Å². The van der Waals surface area contributed by atoms with Crippen LogP contribution in [0.3, 0.4) is 0 Å². The first kappa shape index (κ1) is 8.65. The van der Waals surface area contributed by atoms with Gasteiger partial charge in [0.1, 0.15) is 4.88 Å². The molecule has 0 saturated carbocycles. The van der Waals surface area contributed by atoms with Gasteiger partial charge in [-0.25, -0.2) is 13.2 Å². The molecule has 0 spiro atoms. The first-order valence-electron chi connectivity index (χ1n) is 2.86. The maximum absolute atomic E-state index is 12.7. The van der Waals surface area contributed by atoms with E-state index in [-0.39, 0.29) is 5.46 Å². The van der Waals surface area contributed by atoms with Gasteiger partial charge in [0, 0.05) is 0 Å². The molecule has 0 bridgehead atoms. The third kappa shape index (κ3) is 1.43. The summed E-state index contributed by atoms with van der Waals surface area (Å²) in [5.41, 5.74) is -0.162. The molecular weight excluding hydrogens is 172 g/mol. The van der Waals surface area contributed by atoms with Gasteiger partial charge in [0.25, 0.3) is 6.43 Å². The fourth-order valence-electron chi connectivity index (χ4n) is 0.692. The fourth-order valence-corrected chi connectivity index (χ4v) is 1.51. The van der Waals surface area contributed by atoms with Crippen molar-refractivity contribution in [2.75, 3.05) is 0 Å². The molecule has 0 unspecified atom stereocenters. The topological polar surface area (TPSA) is 0 Å². The zero-order valence-electron chi connectivity index (χ0n) is 5.70. The highest BCUT2D eigenvalue weighted by molar-refractivity contribution is 7.13. The van der Waals surface area contributed by atoms with Crippen molar-refractivity contribution in [1.82, 2.24) is 0 Å². The van der Waals surface area contributed by atoms with Gasteiger partial charge in [-0.2, -0.15) is 0 Å². The van der Waals surface area contributed by atoms with Crippen LogP contribution in [0, 0.1) is 12.7 Å². The molecular formula is C6H4BF3S-. The number of hydrogen-bond acceptors (Lipinski definition) is 1. The van der Waals surface area contributed by atoms with E-state index >= 15 is 0 Å². The van der Waals surface area contributed by atoms with Crippen molar-refractivity contribution in [3.05, 3.63) is 15.6 Å². The third-order valence-corrected chi connectivity index (χ3v) is 2.40. The molecule has 0 aromatic carbocycles.